The summed E-state index contributed by atoms with van der Waals surface area (Å²) in [4.78, 5) is 2.59. The fourth-order valence-corrected chi connectivity index (χ4v) is 2.77. The topological polar surface area (TPSA) is 15.3 Å². The first-order chi connectivity index (χ1) is 8.78. The molecule has 1 saturated heterocycles. The molecular formula is C16H26N2. The monoisotopic (exact) mass is 246 g/mol. The summed E-state index contributed by atoms with van der Waals surface area (Å²) >= 11 is 0. The van der Waals surface area contributed by atoms with Crippen molar-refractivity contribution < 1.29 is 0 Å². The fourth-order valence-electron chi connectivity index (χ4n) is 2.77. The van der Waals surface area contributed by atoms with Crippen LogP contribution in [-0.4, -0.2) is 31.1 Å². The Hall–Kier alpha value is -0.860. The second-order valence-electron chi connectivity index (χ2n) is 5.52. The van der Waals surface area contributed by atoms with Gasteiger partial charge in [0, 0.05) is 6.54 Å². The molecule has 1 aromatic rings. The second-order valence-corrected chi connectivity index (χ2v) is 5.52. The molecule has 1 aliphatic heterocycles. The van der Waals surface area contributed by atoms with Gasteiger partial charge in [0.25, 0.3) is 0 Å². The van der Waals surface area contributed by atoms with E-state index in [1.807, 2.05) is 0 Å². The van der Waals surface area contributed by atoms with Gasteiger partial charge in [0.2, 0.25) is 0 Å². The highest BCUT2D eigenvalue weighted by Gasteiger charge is 2.18. The lowest BCUT2D eigenvalue weighted by atomic mass is 9.96. The molecule has 0 spiro atoms. The summed E-state index contributed by atoms with van der Waals surface area (Å²) in [5, 5.41) is 3.47. The van der Waals surface area contributed by atoms with E-state index in [-0.39, 0.29) is 0 Å². The van der Waals surface area contributed by atoms with Crippen molar-refractivity contribution in [1.29, 1.82) is 0 Å². The van der Waals surface area contributed by atoms with Crippen LogP contribution in [0.4, 0.5) is 0 Å². The highest BCUT2D eigenvalue weighted by molar-refractivity contribution is 5.22. The molecule has 1 N–H and O–H groups in total. The van der Waals surface area contributed by atoms with E-state index in [4.69, 9.17) is 0 Å². The maximum absolute atomic E-state index is 3.47. The summed E-state index contributed by atoms with van der Waals surface area (Å²) in [5.41, 5.74) is 2.83. The molecule has 0 aromatic heterocycles. The molecule has 100 valence electrons. The van der Waals surface area contributed by atoms with Crippen molar-refractivity contribution >= 4 is 0 Å². The van der Waals surface area contributed by atoms with Gasteiger partial charge in [0.15, 0.2) is 0 Å². The Kier molecular flexibility index (Phi) is 5.21. The van der Waals surface area contributed by atoms with Crippen molar-refractivity contribution in [1.82, 2.24) is 10.2 Å². The van der Waals surface area contributed by atoms with Gasteiger partial charge < -0.3 is 5.32 Å². The zero-order chi connectivity index (χ0) is 12.8. The van der Waals surface area contributed by atoms with E-state index >= 15 is 0 Å². The van der Waals surface area contributed by atoms with Gasteiger partial charge in [-0.2, -0.15) is 0 Å². The molecule has 0 saturated carbocycles. The number of likely N-dealkylation sites (tertiary alicyclic amines) is 1. The van der Waals surface area contributed by atoms with Crippen molar-refractivity contribution in [2.24, 2.45) is 5.92 Å². The fraction of sp³-hybridized carbons (Fsp3) is 0.625. The van der Waals surface area contributed by atoms with E-state index < -0.39 is 0 Å². The SMILES string of the molecule is CCNCC1CCN(Cc2cccc(C)c2)CC1. The summed E-state index contributed by atoms with van der Waals surface area (Å²) in [7, 11) is 0. The van der Waals surface area contributed by atoms with Gasteiger partial charge in [-0.25, -0.2) is 0 Å². The number of aryl methyl sites for hydroxylation is 1. The molecule has 1 heterocycles. The summed E-state index contributed by atoms with van der Waals surface area (Å²) in [6, 6.07) is 8.90. The number of nitrogens with zero attached hydrogens (tertiary/aromatic N) is 1. The summed E-state index contributed by atoms with van der Waals surface area (Å²) in [6.45, 7) is 10.3. The normalized spacial score (nSPS) is 18.1. The molecule has 0 radical (unpaired) electrons. The Bertz CT molecular complexity index is 354. The highest BCUT2D eigenvalue weighted by atomic mass is 15.1. The van der Waals surface area contributed by atoms with Gasteiger partial charge in [0.1, 0.15) is 0 Å². The first-order valence-corrected chi connectivity index (χ1v) is 7.26. The molecule has 0 aliphatic carbocycles. The summed E-state index contributed by atoms with van der Waals surface area (Å²) < 4.78 is 0. The van der Waals surface area contributed by atoms with E-state index in [9.17, 15) is 0 Å². The molecule has 0 amide bonds. The predicted octanol–water partition coefficient (Wildman–Crippen LogP) is 2.82. The average molecular weight is 246 g/mol. The zero-order valence-corrected chi connectivity index (χ0v) is 11.8. The summed E-state index contributed by atoms with van der Waals surface area (Å²) in [6.07, 6.45) is 2.69. The minimum Gasteiger partial charge on any atom is -0.317 e. The second kappa shape index (κ2) is 6.91. The average Bonchev–Trinajstić information content (AvgIpc) is 2.38. The Labute approximate surface area is 111 Å². The molecule has 2 heteroatoms. The van der Waals surface area contributed by atoms with Crippen LogP contribution in [0.15, 0.2) is 24.3 Å². The van der Waals surface area contributed by atoms with Gasteiger partial charge in [-0.15, -0.1) is 0 Å². The van der Waals surface area contributed by atoms with E-state index in [2.05, 4.69) is 48.3 Å². The lowest BCUT2D eigenvalue weighted by molar-refractivity contribution is 0.176. The quantitative estimate of drug-likeness (QED) is 0.859. The lowest BCUT2D eigenvalue weighted by Gasteiger charge is -2.32. The van der Waals surface area contributed by atoms with Crippen molar-refractivity contribution in [3.63, 3.8) is 0 Å². The van der Waals surface area contributed by atoms with Crippen molar-refractivity contribution in [2.45, 2.75) is 33.2 Å². The Balaban J connectivity index is 1.76. The molecule has 2 nitrogen and oxygen atoms in total. The smallest absolute Gasteiger partial charge is 0.0233 e. The third-order valence-electron chi connectivity index (χ3n) is 3.88. The largest absolute Gasteiger partial charge is 0.317 e. The van der Waals surface area contributed by atoms with Crippen molar-refractivity contribution in [2.75, 3.05) is 26.2 Å². The predicted molar refractivity (Wildman–Crippen MR) is 77.7 cm³/mol. The molecule has 0 unspecified atom stereocenters. The maximum Gasteiger partial charge on any atom is 0.0233 e. The zero-order valence-electron chi connectivity index (χ0n) is 11.8. The van der Waals surface area contributed by atoms with E-state index in [0.717, 1.165) is 19.0 Å². The van der Waals surface area contributed by atoms with Crippen molar-refractivity contribution in [3.05, 3.63) is 35.4 Å². The number of benzene rings is 1. The molecule has 1 fully saturated rings. The molecular weight excluding hydrogens is 220 g/mol. The number of nitrogens with one attached hydrogen (secondary N) is 1. The first kappa shape index (κ1) is 13.6. The Morgan fingerprint density at radius 1 is 1.28 bits per heavy atom. The first-order valence-electron chi connectivity index (χ1n) is 7.26. The number of rotatable bonds is 5. The van der Waals surface area contributed by atoms with Crippen LogP contribution >= 0.6 is 0 Å². The van der Waals surface area contributed by atoms with Crippen LogP contribution < -0.4 is 5.32 Å². The summed E-state index contributed by atoms with van der Waals surface area (Å²) in [5.74, 6) is 0.888. The van der Waals surface area contributed by atoms with Crippen LogP contribution in [0.1, 0.15) is 30.9 Å². The molecule has 0 atom stereocenters. The van der Waals surface area contributed by atoms with E-state index in [1.54, 1.807) is 0 Å². The van der Waals surface area contributed by atoms with Gasteiger partial charge in [0.05, 0.1) is 0 Å². The minimum atomic E-state index is 0.888. The highest BCUT2D eigenvalue weighted by Crippen LogP contribution is 2.18. The molecule has 1 aromatic carbocycles. The van der Waals surface area contributed by atoms with Gasteiger partial charge >= 0.3 is 0 Å². The van der Waals surface area contributed by atoms with Crippen LogP contribution in [-0.2, 0) is 6.54 Å². The van der Waals surface area contributed by atoms with E-state index in [0.29, 0.717) is 0 Å². The van der Waals surface area contributed by atoms with Gasteiger partial charge in [-0.1, -0.05) is 36.8 Å². The number of hydrogen-bond donors (Lipinski definition) is 1. The molecule has 2 rings (SSSR count). The molecule has 18 heavy (non-hydrogen) atoms. The Morgan fingerprint density at radius 2 is 2.06 bits per heavy atom. The van der Waals surface area contributed by atoms with Crippen LogP contribution in [0.2, 0.25) is 0 Å². The van der Waals surface area contributed by atoms with Crippen LogP contribution in [0.25, 0.3) is 0 Å². The third-order valence-corrected chi connectivity index (χ3v) is 3.88. The molecule has 1 aliphatic rings. The van der Waals surface area contributed by atoms with Gasteiger partial charge in [-0.3, -0.25) is 4.90 Å². The standard InChI is InChI=1S/C16H26N2/c1-3-17-12-15-7-9-18(10-8-15)13-16-6-4-5-14(2)11-16/h4-6,11,15,17H,3,7-10,12-13H2,1-2H3. The van der Waals surface area contributed by atoms with Gasteiger partial charge in [-0.05, 0) is 57.4 Å². The third kappa shape index (κ3) is 4.11. The number of piperidine rings is 1. The lowest BCUT2D eigenvalue weighted by Crippen LogP contribution is -2.36. The van der Waals surface area contributed by atoms with Crippen LogP contribution in [0.5, 0.6) is 0 Å². The van der Waals surface area contributed by atoms with E-state index in [1.165, 1.54) is 43.6 Å². The van der Waals surface area contributed by atoms with Crippen LogP contribution in [0.3, 0.4) is 0 Å². The molecule has 0 bridgehead atoms. The van der Waals surface area contributed by atoms with Crippen LogP contribution in [0, 0.1) is 12.8 Å². The number of hydrogen-bond acceptors (Lipinski definition) is 2. The minimum absolute atomic E-state index is 0.888. The van der Waals surface area contributed by atoms with Crippen molar-refractivity contribution in [3.8, 4) is 0 Å². The maximum atomic E-state index is 3.47. The Morgan fingerprint density at radius 3 is 2.72 bits per heavy atom.